The third-order valence-electron chi connectivity index (χ3n) is 1.82. The summed E-state index contributed by atoms with van der Waals surface area (Å²) in [7, 11) is 1.88. The maximum absolute atomic E-state index is 9.40. The van der Waals surface area contributed by atoms with E-state index in [4.69, 9.17) is 0 Å². The van der Waals surface area contributed by atoms with Gasteiger partial charge < -0.3 is 9.67 Å². The SMILES string of the molecule is Cc1nc(O)c2ccn(C)c2n1. The van der Waals surface area contributed by atoms with E-state index in [1.54, 1.807) is 13.0 Å². The molecule has 0 amide bonds. The molecule has 0 aliphatic heterocycles. The van der Waals surface area contributed by atoms with Crippen LogP contribution in [0.5, 0.6) is 5.88 Å². The van der Waals surface area contributed by atoms with Crippen LogP contribution in [0.15, 0.2) is 12.3 Å². The zero-order chi connectivity index (χ0) is 8.72. The lowest BCUT2D eigenvalue weighted by molar-refractivity contribution is 0.457. The number of rotatable bonds is 0. The van der Waals surface area contributed by atoms with Gasteiger partial charge in [-0.15, -0.1) is 0 Å². The number of fused-ring (bicyclic) bond motifs is 1. The van der Waals surface area contributed by atoms with E-state index in [2.05, 4.69) is 9.97 Å². The second-order valence-corrected chi connectivity index (χ2v) is 2.76. The molecule has 4 heteroatoms. The Labute approximate surface area is 69.5 Å². The molecule has 0 saturated carbocycles. The molecular weight excluding hydrogens is 154 g/mol. The molecule has 0 fully saturated rings. The normalized spacial score (nSPS) is 10.8. The Kier molecular flexibility index (Phi) is 1.30. The lowest BCUT2D eigenvalue weighted by Gasteiger charge is -1.97. The van der Waals surface area contributed by atoms with Gasteiger partial charge in [-0.3, -0.25) is 0 Å². The van der Waals surface area contributed by atoms with Gasteiger partial charge >= 0.3 is 0 Å². The molecule has 0 aliphatic carbocycles. The second-order valence-electron chi connectivity index (χ2n) is 2.76. The van der Waals surface area contributed by atoms with Crippen LogP contribution in [0.2, 0.25) is 0 Å². The number of nitrogens with zero attached hydrogens (tertiary/aromatic N) is 3. The summed E-state index contributed by atoms with van der Waals surface area (Å²) in [6, 6.07) is 1.80. The molecule has 0 bridgehead atoms. The molecule has 2 aromatic heterocycles. The zero-order valence-electron chi connectivity index (χ0n) is 6.94. The quantitative estimate of drug-likeness (QED) is 0.629. The minimum Gasteiger partial charge on any atom is -0.493 e. The van der Waals surface area contributed by atoms with Crippen molar-refractivity contribution in [1.82, 2.24) is 14.5 Å². The highest BCUT2D eigenvalue weighted by Gasteiger charge is 2.05. The highest BCUT2D eigenvalue weighted by Crippen LogP contribution is 2.20. The molecule has 0 spiro atoms. The third-order valence-corrected chi connectivity index (χ3v) is 1.82. The van der Waals surface area contributed by atoms with Gasteiger partial charge in [0.1, 0.15) is 11.5 Å². The minimum atomic E-state index is 0.0538. The first-order valence-electron chi connectivity index (χ1n) is 3.67. The smallest absolute Gasteiger partial charge is 0.223 e. The second kappa shape index (κ2) is 2.20. The minimum absolute atomic E-state index is 0.0538. The van der Waals surface area contributed by atoms with E-state index >= 15 is 0 Å². The molecule has 0 aliphatic rings. The molecule has 1 N–H and O–H groups in total. The summed E-state index contributed by atoms with van der Waals surface area (Å²) in [5.41, 5.74) is 0.764. The van der Waals surface area contributed by atoms with Gasteiger partial charge in [-0.1, -0.05) is 0 Å². The van der Waals surface area contributed by atoms with Crippen LogP contribution >= 0.6 is 0 Å². The lowest BCUT2D eigenvalue weighted by atomic mass is 10.4. The van der Waals surface area contributed by atoms with E-state index in [1.807, 2.05) is 17.8 Å². The van der Waals surface area contributed by atoms with Crippen molar-refractivity contribution in [3.8, 4) is 5.88 Å². The molecule has 2 aromatic rings. The van der Waals surface area contributed by atoms with E-state index in [0.29, 0.717) is 11.2 Å². The monoisotopic (exact) mass is 163 g/mol. The number of hydrogen-bond acceptors (Lipinski definition) is 3. The fourth-order valence-electron chi connectivity index (χ4n) is 1.23. The van der Waals surface area contributed by atoms with Crippen molar-refractivity contribution in [1.29, 1.82) is 0 Å². The Bertz CT molecular complexity index is 433. The summed E-state index contributed by atoms with van der Waals surface area (Å²) in [6.07, 6.45) is 1.85. The van der Waals surface area contributed by atoms with E-state index < -0.39 is 0 Å². The molecule has 2 heterocycles. The summed E-state index contributed by atoms with van der Waals surface area (Å²) >= 11 is 0. The molecule has 12 heavy (non-hydrogen) atoms. The predicted octanol–water partition coefficient (Wildman–Crippen LogP) is 0.982. The van der Waals surface area contributed by atoms with Crippen LogP contribution in [0.4, 0.5) is 0 Å². The summed E-state index contributed by atoms with van der Waals surface area (Å²) < 4.78 is 1.85. The molecule has 0 aromatic carbocycles. The molecule has 0 saturated heterocycles. The van der Waals surface area contributed by atoms with Crippen molar-refractivity contribution < 1.29 is 5.11 Å². The van der Waals surface area contributed by atoms with Crippen molar-refractivity contribution in [3.63, 3.8) is 0 Å². The van der Waals surface area contributed by atoms with E-state index in [-0.39, 0.29) is 5.88 Å². The van der Waals surface area contributed by atoms with Crippen LogP contribution in [-0.4, -0.2) is 19.6 Å². The highest BCUT2D eigenvalue weighted by atomic mass is 16.3. The van der Waals surface area contributed by atoms with Crippen molar-refractivity contribution in [2.24, 2.45) is 7.05 Å². The van der Waals surface area contributed by atoms with Crippen molar-refractivity contribution >= 4 is 11.0 Å². The van der Waals surface area contributed by atoms with Gasteiger partial charge in [0.05, 0.1) is 5.39 Å². The van der Waals surface area contributed by atoms with Crippen molar-refractivity contribution in [2.45, 2.75) is 6.92 Å². The highest BCUT2D eigenvalue weighted by molar-refractivity contribution is 5.80. The number of aromatic hydroxyl groups is 1. The Hall–Kier alpha value is -1.58. The largest absolute Gasteiger partial charge is 0.493 e. The fourth-order valence-corrected chi connectivity index (χ4v) is 1.23. The zero-order valence-corrected chi connectivity index (χ0v) is 6.94. The van der Waals surface area contributed by atoms with Gasteiger partial charge in [0, 0.05) is 13.2 Å². The predicted molar refractivity (Wildman–Crippen MR) is 44.9 cm³/mol. The summed E-state index contributed by atoms with van der Waals surface area (Å²) in [5.74, 6) is 0.639. The Morgan fingerprint density at radius 2 is 2.17 bits per heavy atom. The summed E-state index contributed by atoms with van der Waals surface area (Å²) in [5, 5.41) is 10.1. The maximum atomic E-state index is 9.40. The first kappa shape index (κ1) is 7.09. The van der Waals surface area contributed by atoms with Gasteiger partial charge in [-0.2, -0.15) is 4.98 Å². The van der Waals surface area contributed by atoms with Gasteiger partial charge in [0.2, 0.25) is 5.88 Å². The average molecular weight is 163 g/mol. The molecule has 0 unspecified atom stereocenters. The topological polar surface area (TPSA) is 50.9 Å². The standard InChI is InChI=1S/C8H9N3O/c1-5-9-7-6(8(12)10-5)3-4-11(7)2/h3-4H,1-2H3,(H,9,10,12). The molecule has 0 atom stereocenters. The van der Waals surface area contributed by atoms with Gasteiger partial charge in [0.25, 0.3) is 0 Å². The van der Waals surface area contributed by atoms with Gasteiger partial charge in [-0.05, 0) is 13.0 Å². The number of aromatic nitrogens is 3. The van der Waals surface area contributed by atoms with Crippen LogP contribution < -0.4 is 0 Å². The number of aryl methyl sites for hydroxylation is 2. The lowest BCUT2D eigenvalue weighted by Crippen LogP contribution is -1.92. The molecule has 62 valence electrons. The molecule has 4 nitrogen and oxygen atoms in total. The van der Waals surface area contributed by atoms with Crippen LogP contribution in [-0.2, 0) is 7.05 Å². The molecule has 0 radical (unpaired) electrons. The van der Waals surface area contributed by atoms with Crippen molar-refractivity contribution in [2.75, 3.05) is 0 Å². The van der Waals surface area contributed by atoms with Gasteiger partial charge in [-0.25, -0.2) is 4.98 Å². The Morgan fingerprint density at radius 1 is 1.42 bits per heavy atom. The van der Waals surface area contributed by atoms with Gasteiger partial charge in [0.15, 0.2) is 0 Å². The third kappa shape index (κ3) is 0.845. The average Bonchev–Trinajstić information content (AvgIpc) is 2.33. The first-order chi connectivity index (χ1) is 5.68. The summed E-state index contributed by atoms with van der Waals surface area (Å²) in [4.78, 5) is 8.03. The molecule has 2 rings (SSSR count). The maximum Gasteiger partial charge on any atom is 0.223 e. The van der Waals surface area contributed by atoms with Crippen LogP contribution in [0.1, 0.15) is 5.82 Å². The Morgan fingerprint density at radius 3 is 2.92 bits per heavy atom. The number of hydrogen-bond donors (Lipinski definition) is 1. The molecular formula is C8H9N3O. The fraction of sp³-hybridized carbons (Fsp3) is 0.250. The van der Waals surface area contributed by atoms with E-state index in [9.17, 15) is 5.11 Å². The van der Waals surface area contributed by atoms with Crippen molar-refractivity contribution in [3.05, 3.63) is 18.1 Å². The summed E-state index contributed by atoms with van der Waals surface area (Å²) in [6.45, 7) is 1.76. The van der Waals surface area contributed by atoms with Crippen LogP contribution in [0, 0.1) is 6.92 Å². The van der Waals surface area contributed by atoms with Crippen LogP contribution in [0.3, 0.4) is 0 Å². The van der Waals surface area contributed by atoms with E-state index in [1.165, 1.54) is 0 Å². The first-order valence-corrected chi connectivity index (χ1v) is 3.67. The Balaban J connectivity index is 2.92. The van der Waals surface area contributed by atoms with Crippen LogP contribution in [0.25, 0.3) is 11.0 Å². The van der Waals surface area contributed by atoms with E-state index in [0.717, 1.165) is 5.65 Å².